The number of hydrogen-bond donors (Lipinski definition) is 2. The van der Waals surface area contributed by atoms with Crippen LogP contribution in [0.4, 0.5) is 11.4 Å². The molecular weight excluding hydrogens is 455 g/mol. The summed E-state index contributed by atoms with van der Waals surface area (Å²) >= 11 is 11.9. The van der Waals surface area contributed by atoms with Gasteiger partial charge in [-0.15, -0.1) is 0 Å². The standard InChI is InChI=1S/C23H18Cl2N2O5/c1-27(22(29)14-2-5-16(24)6-3-14)17-7-9-18(10-8-17)32-13-21(28)26-20-12-15(23(30)31)4-11-19(20)25/h2-12H,13H2,1H3,(H,26,28)(H,30,31). The summed E-state index contributed by atoms with van der Waals surface area (Å²) in [5.41, 5.74) is 1.31. The van der Waals surface area contributed by atoms with E-state index in [0.717, 1.165) is 0 Å². The zero-order valence-electron chi connectivity index (χ0n) is 16.8. The van der Waals surface area contributed by atoms with E-state index < -0.39 is 11.9 Å². The van der Waals surface area contributed by atoms with Crippen molar-refractivity contribution in [2.24, 2.45) is 0 Å². The van der Waals surface area contributed by atoms with Crippen molar-refractivity contribution in [1.29, 1.82) is 0 Å². The van der Waals surface area contributed by atoms with Gasteiger partial charge in [0.2, 0.25) is 0 Å². The van der Waals surface area contributed by atoms with Crippen LogP contribution in [0.5, 0.6) is 5.75 Å². The third-order valence-electron chi connectivity index (χ3n) is 4.48. The van der Waals surface area contributed by atoms with Crippen LogP contribution in [0, 0.1) is 0 Å². The molecule has 0 aromatic heterocycles. The molecule has 32 heavy (non-hydrogen) atoms. The van der Waals surface area contributed by atoms with Crippen molar-refractivity contribution < 1.29 is 24.2 Å². The number of carboxylic acid groups (broad SMARTS) is 1. The molecule has 0 aliphatic carbocycles. The molecule has 2 N–H and O–H groups in total. The molecule has 0 spiro atoms. The average molecular weight is 473 g/mol. The van der Waals surface area contributed by atoms with E-state index in [1.54, 1.807) is 55.6 Å². The Labute approximate surface area is 194 Å². The topological polar surface area (TPSA) is 95.9 Å². The van der Waals surface area contributed by atoms with E-state index in [1.165, 1.54) is 23.1 Å². The second-order valence-corrected chi connectivity index (χ2v) is 7.55. The summed E-state index contributed by atoms with van der Waals surface area (Å²) in [5, 5.41) is 12.3. The van der Waals surface area contributed by atoms with Crippen molar-refractivity contribution in [3.8, 4) is 5.75 Å². The lowest BCUT2D eigenvalue weighted by atomic mass is 10.2. The average Bonchev–Trinajstić information content (AvgIpc) is 2.79. The summed E-state index contributed by atoms with van der Waals surface area (Å²) in [6.45, 7) is -0.313. The first-order valence-corrected chi connectivity index (χ1v) is 10.1. The molecule has 0 bridgehead atoms. The number of hydrogen-bond acceptors (Lipinski definition) is 4. The summed E-state index contributed by atoms with van der Waals surface area (Å²) in [4.78, 5) is 37.3. The van der Waals surface area contributed by atoms with Crippen molar-refractivity contribution in [2.45, 2.75) is 0 Å². The summed E-state index contributed by atoms with van der Waals surface area (Å²) < 4.78 is 5.46. The Morgan fingerprint density at radius 2 is 1.56 bits per heavy atom. The van der Waals surface area contributed by atoms with E-state index in [2.05, 4.69) is 5.32 Å². The van der Waals surface area contributed by atoms with Gasteiger partial charge in [0.05, 0.1) is 16.3 Å². The summed E-state index contributed by atoms with van der Waals surface area (Å²) in [6.07, 6.45) is 0. The molecule has 0 heterocycles. The van der Waals surface area contributed by atoms with Gasteiger partial charge in [0, 0.05) is 23.3 Å². The molecule has 0 saturated carbocycles. The molecule has 0 fully saturated rings. The van der Waals surface area contributed by atoms with Crippen molar-refractivity contribution >= 4 is 52.4 Å². The number of rotatable bonds is 7. The monoisotopic (exact) mass is 472 g/mol. The number of ether oxygens (including phenoxy) is 1. The van der Waals surface area contributed by atoms with Crippen LogP contribution in [0.1, 0.15) is 20.7 Å². The predicted molar refractivity (Wildman–Crippen MR) is 123 cm³/mol. The van der Waals surface area contributed by atoms with E-state index in [1.807, 2.05) is 0 Å². The second-order valence-electron chi connectivity index (χ2n) is 6.70. The number of benzene rings is 3. The Bertz CT molecular complexity index is 1150. The second kappa shape index (κ2) is 10.2. The van der Waals surface area contributed by atoms with E-state index in [0.29, 0.717) is 22.0 Å². The van der Waals surface area contributed by atoms with Crippen LogP contribution < -0.4 is 15.0 Å². The molecule has 0 aliphatic heterocycles. The number of carbonyl (C=O) groups is 3. The Balaban J connectivity index is 1.58. The molecule has 0 saturated heterocycles. The van der Waals surface area contributed by atoms with E-state index in [9.17, 15) is 14.4 Å². The summed E-state index contributed by atoms with van der Waals surface area (Å²) in [6, 6.07) is 17.2. The number of halogens is 2. The minimum atomic E-state index is -1.13. The molecule has 3 aromatic rings. The third kappa shape index (κ3) is 5.78. The van der Waals surface area contributed by atoms with Gasteiger partial charge in [0.25, 0.3) is 11.8 Å². The van der Waals surface area contributed by atoms with Crippen molar-refractivity contribution in [1.82, 2.24) is 0 Å². The maximum atomic E-state index is 12.6. The molecule has 0 unspecified atom stereocenters. The first-order valence-electron chi connectivity index (χ1n) is 9.34. The van der Waals surface area contributed by atoms with Crippen LogP contribution in [-0.2, 0) is 4.79 Å². The Morgan fingerprint density at radius 3 is 2.19 bits per heavy atom. The lowest BCUT2D eigenvalue weighted by Gasteiger charge is -2.18. The smallest absolute Gasteiger partial charge is 0.335 e. The van der Waals surface area contributed by atoms with Crippen LogP contribution in [-0.4, -0.2) is 36.5 Å². The molecule has 0 aliphatic rings. The van der Waals surface area contributed by atoms with Gasteiger partial charge in [-0.05, 0) is 66.7 Å². The highest BCUT2D eigenvalue weighted by molar-refractivity contribution is 6.34. The van der Waals surface area contributed by atoms with Gasteiger partial charge in [-0.2, -0.15) is 0 Å². The zero-order valence-corrected chi connectivity index (χ0v) is 18.4. The van der Waals surface area contributed by atoms with Crippen molar-refractivity contribution in [3.05, 3.63) is 87.9 Å². The van der Waals surface area contributed by atoms with E-state index >= 15 is 0 Å². The highest BCUT2D eigenvalue weighted by Crippen LogP contribution is 2.24. The summed E-state index contributed by atoms with van der Waals surface area (Å²) in [5.74, 6) is -1.42. The SMILES string of the molecule is CN(C(=O)c1ccc(Cl)cc1)c1ccc(OCC(=O)Nc2cc(C(=O)O)ccc2Cl)cc1. The highest BCUT2D eigenvalue weighted by atomic mass is 35.5. The third-order valence-corrected chi connectivity index (χ3v) is 5.06. The minimum Gasteiger partial charge on any atom is -0.484 e. The molecule has 7 nitrogen and oxygen atoms in total. The van der Waals surface area contributed by atoms with Gasteiger partial charge >= 0.3 is 5.97 Å². The number of nitrogens with zero attached hydrogens (tertiary/aromatic N) is 1. The number of anilines is 2. The molecule has 3 aromatic carbocycles. The number of aromatic carboxylic acids is 1. The molecule has 2 amide bonds. The van der Waals surface area contributed by atoms with Crippen LogP contribution >= 0.6 is 23.2 Å². The Morgan fingerprint density at radius 1 is 0.938 bits per heavy atom. The van der Waals surface area contributed by atoms with Gasteiger partial charge in [-0.1, -0.05) is 23.2 Å². The Kier molecular flexibility index (Phi) is 7.35. The molecule has 0 radical (unpaired) electrons. The van der Waals surface area contributed by atoms with Gasteiger partial charge in [0.15, 0.2) is 6.61 Å². The fourth-order valence-electron chi connectivity index (χ4n) is 2.76. The highest BCUT2D eigenvalue weighted by Gasteiger charge is 2.14. The first kappa shape index (κ1) is 23.1. The number of amides is 2. The quantitative estimate of drug-likeness (QED) is 0.505. The minimum absolute atomic E-state index is 0.00141. The predicted octanol–water partition coefficient (Wildman–Crippen LogP) is 4.99. The van der Waals surface area contributed by atoms with Gasteiger partial charge < -0.3 is 20.1 Å². The van der Waals surface area contributed by atoms with E-state index in [-0.39, 0.29) is 28.8 Å². The number of carboxylic acids is 1. The maximum Gasteiger partial charge on any atom is 0.335 e. The van der Waals surface area contributed by atoms with E-state index in [4.69, 9.17) is 33.0 Å². The zero-order chi connectivity index (χ0) is 23.3. The van der Waals surface area contributed by atoms with Gasteiger partial charge in [0.1, 0.15) is 5.75 Å². The molecule has 0 atom stereocenters. The lowest BCUT2D eigenvalue weighted by molar-refractivity contribution is -0.118. The van der Waals surface area contributed by atoms with Gasteiger partial charge in [-0.25, -0.2) is 4.79 Å². The molecule has 164 valence electrons. The normalized spacial score (nSPS) is 10.3. The van der Waals surface area contributed by atoms with Crippen molar-refractivity contribution in [3.63, 3.8) is 0 Å². The number of carbonyl (C=O) groups excluding carboxylic acids is 2. The first-order chi connectivity index (χ1) is 15.2. The molecule has 3 rings (SSSR count). The lowest BCUT2D eigenvalue weighted by Crippen LogP contribution is -2.26. The van der Waals surface area contributed by atoms with Crippen LogP contribution in [0.15, 0.2) is 66.7 Å². The van der Waals surface area contributed by atoms with Gasteiger partial charge in [-0.3, -0.25) is 9.59 Å². The fourth-order valence-corrected chi connectivity index (χ4v) is 3.05. The van der Waals surface area contributed by atoms with Crippen LogP contribution in [0.3, 0.4) is 0 Å². The molecule has 9 heteroatoms. The van der Waals surface area contributed by atoms with Crippen molar-refractivity contribution in [2.75, 3.05) is 23.9 Å². The van der Waals surface area contributed by atoms with Crippen LogP contribution in [0.2, 0.25) is 10.0 Å². The largest absolute Gasteiger partial charge is 0.484 e. The Hall–Kier alpha value is -3.55. The molecular formula is C23H18Cl2N2O5. The number of nitrogens with one attached hydrogen (secondary N) is 1. The maximum absolute atomic E-state index is 12.6. The van der Waals surface area contributed by atoms with Crippen LogP contribution in [0.25, 0.3) is 0 Å². The summed E-state index contributed by atoms with van der Waals surface area (Å²) in [7, 11) is 1.65. The fraction of sp³-hybridized carbons (Fsp3) is 0.0870.